The SMILES string of the molecule is COc1cc(C(=O)Nc2ccccc2-c2cc3c(CN4CCN(C(=O)OC(C)(C)C)CC4)cccc3o2)cc(OC)c1OC. The number of carbonyl (C=O) groups excluding carboxylic acids is 2. The van der Waals surface area contributed by atoms with Crippen molar-refractivity contribution in [2.75, 3.05) is 52.8 Å². The lowest BCUT2D eigenvalue weighted by molar-refractivity contribution is 0.0139. The highest BCUT2D eigenvalue weighted by molar-refractivity contribution is 6.07. The first-order chi connectivity index (χ1) is 21.1. The first-order valence-electron chi connectivity index (χ1n) is 14.5. The largest absolute Gasteiger partial charge is 0.493 e. The summed E-state index contributed by atoms with van der Waals surface area (Å²) in [6, 6.07) is 18.8. The number of rotatable bonds is 8. The maximum Gasteiger partial charge on any atom is 0.410 e. The number of anilines is 1. The van der Waals surface area contributed by atoms with Gasteiger partial charge in [-0.3, -0.25) is 9.69 Å². The van der Waals surface area contributed by atoms with Crippen LogP contribution in [0.15, 0.2) is 65.1 Å². The number of nitrogens with one attached hydrogen (secondary N) is 1. The third-order valence-electron chi connectivity index (χ3n) is 7.44. The van der Waals surface area contributed by atoms with Crippen LogP contribution in [0.3, 0.4) is 0 Å². The number of piperazine rings is 1. The van der Waals surface area contributed by atoms with Gasteiger partial charge >= 0.3 is 6.09 Å². The van der Waals surface area contributed by atoms with Crippen LogP contribution in [0.4, 0.5) is 10.5 Å². The average Bonchev–Trinajstić information content (AvgIpc) is 3.45. The summed E-state index contributed by atoms with van der Waals surface area (Å²) in [5, 5.41) is 4.02. The molecule has 5 rings (SSSR count). The summed E-state index contributed by atoms with van der Waals surface area (Å²) < 4.78 is 28.1. The Morgan fingerprint density at radius 2 is 1.55 bits per heavy atom. The number of furan rings is 1. The van der Waals surface area contributed by atoms with Crippen LogP contribution < -0.4 is 19.5 Å². The fourth-order valence-corrected chi connectivity index (χ4v) is 5.26. The van der Waals surface area contributed by atoms with E-state index in [2.05, 4.69) is 16.3 Å². The van der Waals surface area contributed by atoms with E-state index in [1.807, 2.05) is 63.2 Å². The first kappa shape index (κ1) is 30.7. The lowest BCUT2D eigenvalue weighted by Gasteiger charge is -2.35. The van der Waals surface area contributed by atoms with Crippen molar-refractivity contribution in [1.82, 2.24) is 9.80 Å². The number of fused-ring (bicyclic) bond motifs is 1. The third-order valence-corrected chi connectivity index (χ3v) is 7.44. The summed E-state index contributed by atoms with van der Waals surface area (Å²) >= 11 is 0. The molecule has 0 radical (unpaired) electrons. The molecule has 1 aliphatic rings. The maximum atomic E-state index is 13.4. The van der Waals surface area contributed by atoms with Crippen LogP contribution in [0.5, 0.6) is 17.2 Å². The molecule has 232 valence electrons. The number of benzene rings is 3. The number of hydrogen-bond acceptors (Lipinski definition) is 8. The Morgan fingerprint density at radius 3 is 2.18 bits per heavy atom. The predicted octanol–water partition coefficient (Wildman–Crippen LogP) is 6.43. The van der Waals surface area contributed by atoms with Crippen LogP contribution in [0.1, 0.15) is 36.7 Å². The molecule has 0 spiro atoms. The Morgan fingerprint density at radius 1 is 0.864 bits per heavy atom. The number of para-hydroxylation sites is 1. The second kappa shape index (κ2) is 12.9. The van der Waals surface area contributed by atoms with Crippen LogP contribution in [-0.2, 0) is 11.3 Å². The number of carbonyl (C=O) groups is 2. The first-order valence-corrected chi connectivity index (χ1v) is 14.5. The van der Waals surface area contributed by atoms with Crippen LogP contribution in [0.25, 0.3) is 22.3 Å². The van der Waals surface area contributed by atoms with Gasteiger partial charge < -0.3 is 33.6 Å². The second-order valence-electron chi connectivity index (χ2n) is 11.6. The number of ether oxygens (including phenoxy) is 4. The molecule has 0 unspecified atom stereocenters. The van der Waals surface area contributed by atoms with Crippen molar-refractivity contribution in [3.8, 4) is 28.6 Å². The standard InChI is InChI=1S/C34H39N3O7/c1-34(2,3)44-33(39)37-16-14-36(15-17-37)21-22-10-9-13-27-25(22)20-28(43-27)24-11-7-8-12-26(24)35-32(38)23-18-29(40-4)31(42-6)30(19-23)41-5/h7-13,18-20H,14-17,21H2,1-6H3,(H,35,38). The number of hydrogen-bond donors (Lipinski definition) is 1. The summed E-state index contributed by atoms with van der Waals surface area (Å²) in [4.78, 5) is 30.0. The number of nitrogens with zero attached hydrogens (tertiary/aromatic N) is 2. The molecule has 10 heteroatoms. The molecular formula is C34H39N3O7. The normalized spacial score (nSPS) is 13.9. The van der Waals surface area contributed by atoms with Gasteiger partial charge in [-0.25, -0.2) is 4.79 Å². The summed E-state index contributed by atoms with van der Waals surface area (Å²) in [6.07, 6.45) is -0.269. The third kappa shape index (κ3) is 6.75. The van der Waals surface area contributed by atoms with E-state index in [4.69, 9.17) is 23.4 Å². The predicted molar refractivity (Wildman–Crippen MR) is 169 cm³/mol. The molecule has 4 aromatic rings. The second-order valence-corrected chi connectivity index (χ2v) is 11.6. The Balaban J connectivity index is 1.34. The minimum absolute atomic E-state index is 0.269. The minimum Gasteiger partial charge on any atom is -0.493 e. The number of methoxy groups -OCH3 is 3. The molecule has 1 fully saturated rings. The molecule has 0 saturated carbocycles. The van der Waals surface area contributed by atoms with Crippen molar-refractivity contribution in [3.05, 3.63) is 71.8 Å². The van der Waals surface area contributed by atoms with Crippen LogP contribution >= 0.6 is 0 Å². The Bertz CT molecular complexity index is 1620. The number of amides is 2. The van der Waals surface area contributed by atoms with Gasteiger partial charge in [-0.1, -0.05) is 24.3 Å². The van der Waals surface area contributed by atoms with E-state index in [-0.39, 0.29) is 12.0 Å². The van der Waals surface area contributed by atoms with Gasteiger partial charge in [0.2, 0.25) is 5.75 Å². The zero-order valence-corrected chi connectivity index (χ0v) is 26.1. The molecule has 3 aromatic carbocycles. The maximum absolute atomic E-state index is 13.4. The van der Waals surface area contributed by atoms with Crippen molar-refractivity contribution in [2.45, 2.75) is 32.9 Å². The van der Waals surface area contributed by atoms with E-state index in [0.29, 0.717) is 47.3 Å². The molecule has 0 bridgehead atoms. The Hall–Kier alpha value is -4.70. The van der Waals surface area contributed by atoms with Gasteiger partial charge in [0.25, 0.3) is 5.91 Å². The van der Waals surface area contributed by atoms with Crippen LogP contribution in [-0.4, -0.2) is 74.9 Å². The highest BCUT2D eigenvalue weighted by Gasteiger charge is 2.26. The summed E-state index contributed by atoms with van der Waals surface area (Å²) in [6.45, 7) is 9.07. The molecule has 0 aliphatic carbocycles. The van der Waals surface area contributed by atoms with Gasteiger partial charge in [-0.05, 0) is 62.7 Å². The zero-order valence-electron chi connectivity index (χ0n) is 26.1. The van der Waals surface area contributed by atoms with Gasteiger partial charge in [0.05, 0.1) is 27.0 Å². The minimum atomic E-state index is -0.513. The summed E-state index contributed by atoms with van der Waals surface area (Å²) in [5.74, 6) is 1.50. The lowest BCUT2D eigenvalue weighted by Crippen LogP contribution is -2.49. The van der Waals surface area contributed by atoms with Gasteiger partial charge in [0, 0.05) is 49.2 Å². The van der Waals surface area contributed by atoms with Crippen LogP contribution in [0, 0.1) is 0 Å². The summed E-state index contributed by atoms with van der Waals surface area (Å²) in [5.41, 5.74) is 3.08. The molecule has 1 N–H and O–H groups in total. The van der Waals surface area contributed by atoms with E-state index in [1.54, 1.807) is 17.0 Å². The fraction of sp³-hybridized carbons (Fsp3) is 0.353. The lowest BCUT2D eigenvalue weighted by atomic mass is 10.1. The highest BCUT2D eigenvalue weighted by atomic mass is 16.6. The zero-order chi connectivity index (χ0) is 31.4. The van der Waals surface area contributed by atoms with Crippen molar-refractivity contribution >= 4 is 28.7 Å². The smallest absolute Gasteiger partial charge is 0.410 e. The molecule has 1 saturated heterocycles. The highest BCUT2D eigenvalue weighted by Crippen LogP contribution is 2.39. The molecular weight excluding hydrogens is 562 g/mol. The molecule has 2 amide bonds. The monoisotopic (exact) mass is 601 g/mol. The van der Waals surface area contributed by atoms with Crippen molar-refractivity contribution in [1.29, 1.82) is 0 Å². The Kier molecular flexibility index (Phi) is 9.01. The molecule has 1 aromatic heterocycles. The van der Waals surface area contributed by atoms with Crippen LogP contribution in [0.2, 0.25) is 0 Å². The van der Waals surface area contributed by atoms with E-state index < -0.39 is 5.60 Å². The van der Waals surface area contributed by atoms with Gasteiger partial charge in [-0.2, -0.15) is 0 Å². The van der Waals surface area contributed by atoms with E-state index >= 15 is 0 Å². The topological polar surface area (TPSA) is 103 Å². The fourth-order valence-electron chi connectivity index (χ4n) is 5.26. The quantitative estimate of drug-likeness (QED) is 0.247. The van der Waals surface area contributed by atoms with Crippen molar-refractivity contribution in [2.24, 2.45) is 0 Å². The van der Waals surface area contributed by atoms with Crippen molar-refractivity contribution < 1.29 is 33.0 Å². The Labute approximate surface area is 257 Å². The van der Waals surface area contributed by atoms with E-state index in [0.717, 1.165) is 41.7 Å². The van der Waals surface area contributed by atoms with Gasteiger partial charge in [0.1, 0.15) is 16.9 Å². The molecule has 0 atom stereocenters. The van der Waals surface area contributed by atoms with E-state index in [9.17, 15) is 9.59 Å². The van der Waals surface area contributed by atoms with Gasteiger partial charge in [0.15, 0.2) is 11.5 Å². The molecule has 10 nitrogen and oxygen atoms in total. The van der Waals surface area contributed by atoms with E-state index in [1.165, 1.54) is 21.3 Å². The van der Waals surface area contributed by atoms with Crippen molar-refractivity contribution in [3.63, 3.8) is 0 Å². The summed E-state index contributed by atoms with van der Waals surface area (Å²) in [7, 11) is 4.53. The van der Waals surface area contributed by atoms with Gasteiger partial charge in [-0.15, -0.1) is 0 Å². The molecule has 44 heavy (non-hydrogen) atoms. The molecule has 1 aliphatic heterocycles. The average molecular weight is 602 g/mol. The molecule has 2 heterocycles.